The lowest BCUT2D eigenvalue weighted by atomic mass is 9.87. The largest absolute Gasteiger partial charge is 0.458 e. The molecule has 0 amide bonds. The summed E-state index contributed by atoms with van der Waals surface area (Å²) in [6.45, 7) is 15.9. The molecule has 0 saturated carbocycles. The maximum Gasteiger partial charge on any atom is 0.339 e. The number of esters is 1. The molecule has 0 radical (unpaired) electrons. The number of rotatable bonds is 12. The van der Waals surface area contributed by atoms with E-state index in [9.17, 15) is 4.79 Å². The van der Waals surface area contributed by atoms with Crippen LogP contribution in [0, 0.1) is 17.8 Å². The van der Waals surface area contributed by atoms with E-state index in [4.69, 9.17) is 4.74 Å². The van der Waals surface area contributed by atoms with Crippen molar-refractivity contribution in [2.24, 2.45) is 17.8 Å². The summed E-state index contributed by atoms with van der Waals surface area (Å²) in [5.74, 6) is 1.44. The second-order valence-corrected chi connectivity index (χ2v) is 9.30. The van der Waals surface area contributed by atoms with Gasteiger partial charge < -0.3 is 4.74 Å². The Bertz CT molecular complexity index is 592. The first-order valence-corrected chi connectivity index (χ1v) is 11.2. The molecule has 0 N–H and O–H groups in total. The fourth-order valence-corrected chi connectivity index (χ4v) is 3.60. The zero-order valence-electron chi connectivity index (χ0n) is 19.3. The highest BCUT2D eigenvalue weighted by molar-refractivity contribution is 5.93. The summed E-state index contributed by atoms with van der Waals surface area (Å²) in [7, 11) is 0. The molecule has 0 unspecified atom stereocenters. The number of allylic oxidation sites excluding steroid dienone is 1. The van der Waals surface area contributed by atoms with E-state index >= 15 is 0 Å². The molecule has 0 aromatic heterocycles. The Morgan fingerprint density at radius 3 is 1.89 bits per heavy atom. The van der Waals surface area contributed by atoms with Gasteiger partial charge in [-0.15, -0.1) is 0 Å². The fourth-order valence-electron chi connectivity index (χ4n) is 3.60. The second-order valence-electron chi connectivity index (χ2n) is 9.30. The molecule has 0 spiro atoms. The summed E-state index contributed by atoms with van der Waals surface area (Å²) < 4.78 is 5.65. The van der Waals surface area contributed by atoms with Crippen LogP contribution in [0.15, 0.2) is 24.3 Å². The molecule has 0 saturated heterocycles. The van der Waals surface area contributed by atoms with E-state index in [0.717, 1.165) is 42.4 Å². The van der Waals surface area contributed by atoms with Crippen LogP contribution >= 0.6 is 0 Å². The van der Waals surface area contributed by atoms with Gasteiger partial charge in [0.1, 0.15) is 6.61 Å². The van der Waals surface area contributed by atoms with Gasteiger partial charge in [0.25, 0.3) is 0 Å². The molecule has 1 rings (SSSR count). The topological polar surface area (TPSA) is 26.3 Å². The third-order valence-electron chi connectivity index (χ3n) is 4.67. The highest BCUT2D eigenvalue weighted by atomic mass is 16.5. The van der Waals surface area contributed by atoms with E-state index < -0.39 is 0 Å². The van der Waals surface area contributed by atoms with Gasteiger partial charge in [0.2, 0.25) is 0 Å². The molecular formula is C26H42O2. The van der Waals surface area contributed by atoms with Gasteiger partial charge in [0.05, 0.1) is 5.56 Å². The molecule has 0 atom stereocenters. The van der Waals surface area contributed by atoms with E-state index in [0.29, 0.717) is 24.4 Å². The monoisotopic (exact) mass is 386 g/mol. The van der Waals surface area contributed by atoms with Crippen LogP contribution in [-0.4, -0.2) is 12.6 Å². The summed E-state index contributed by atoms with van der Waals surface area (Å²) in [4.78, 5) is 13.0. The fraction of sp³-hybridized carbons (Fsp3) is 0.654. The molecule has 1 aromatic carbocycles. The van der Waals surface area contributed by atoms with E-state index in [1.165, 1.54) is 18.4 Å². The molecule has 0 aliphatic heterocycles. The zero-order chi connectivity index (χ0) is 21.1. The number of unbranched alkanes of at least 4 members (excludes halogenated alkanes) is 2. The van der Waals surface area contributed by atoms with Crippen molar-refractivity contribution >= 4 is 5.97 Å². The van der Waals surface area contributed by atoms with Gasteiger partial charge in [0.15, 0.2) is 0 Å². The Morgan fingerprint density at radius 2 is 1.43 bits per heavy atom. The normalized spacial score (nSPS) is 11.9. The number of carbonyl (C=O) groups excluding carboxylic acids is 1. The standard InChI is InChI=1S/C26H42O2/c1-8-9-10-11-12-13-28-26(27)25-23(15-20(4)5)17-22(14-19(2)3)18-24(25)16-21(6)7/h11-12,17-21H,8-10,13-16H2,1-7H3. The van der Waals surface area contributed by atoms with Crippen LogP contribution in [0.3, 0.4) is 0 Å². The summed E-state index contributed by atoms with van der Waals surface area (Å²) >= 11 is 0. The average molecular weight is 387 g/mol. The second kappa shape index (κ2) is 12.8. The molecule has 1 aromatic rings. The quantitative estimate of drug-likeness (QED) is 0.216. The summed E-state index contributed by atoms with van der Waals surface area (Å²) in [5, 5.41) is 0. The third kappa shape index (κ3) is 9.08. The number of carbonyl (C=O) groups is 1. The zero-order valence-corrected chi connectivity index (χ0v) is 19.3. The molecule has 28 heavy (non-hydrogen) atoms. The molecule has 0 aliphatic rings. The molecule has 0 aliphatic carbocycles. The first-order valence-electron chi connectivity index (χ1n) is 11.2. The highest BCUT2D eigenvalue weighted by Crippen LogP contribution is 2.26. The molecule has 2 nitrogen and oxygen atoms in total. The predicted octanol–water partition coefficient (Wildman–Crippen LogP) is 7.19. The predicted molar refractivity (Wildman–Crippen MR) is 121 cm³/mol. The first kappa shape index (κ1) is 24.5. The number of ether oxygens (including phenoxy) is 1. The first-order chi connectivity index (χ1) is 13.2. The van der Waals surface area contributed by atoms with Crippen molar-refractivity contribution in [1.29, 1.82) is 0 Å². The Hall–Kier alpha value is -1.57. The van der Waals surface area contributed by atoms with Crippen LogP contribution < -0.4 is 0 Å². The van der Waals surface area contributed by atoms with Crippen LogP contribution in [0.2, 0.25) is 0 Å². The molecule has 158 valence electrons. The van der Waals surface area contributed by atoms with Gasteiger partial charge in [-0.25, -0.2) is 4.79 Å². The Labute approximate surface area is 173 Å². The van der Waals surface area contributed by atoms with E-state index in [-0.39, 0.29) is 5.97 Å². The maximum atomic E-state index is 13.0. The average Bonchev–Trinajstić information content (AvgIpc) is 2.56. The van der Waals surface area contributed by atoms with Gasteiger partial charge in [-0.3, -0.25) is 0 Å². The van der Waals surface area contributed by atoms with Crippen LogP contribution in [0.25, 0.3) is 0 Å². The minimum absolute atomic E-state index is 0.164. The molecular weight excluding hydrogens is 344 g/mol. The van der Waals surface area contributed by atoms with Gasteiger partial charge in [0, 0.05) is 0 Å². The van der Waals surface area contributed by atoms with Crippen LogP contribution in [0.5, 0.6) is 0 Å². The summed E-state index contributed by atoms with van der Waals surface area (Å²) in [6, 6.07) is 4.50. The Kier molecular flexibility index (Phi) is 11.2. The van der Waals surface area contributed by atoms with Crippen LogP contribution in [0.1, 0.15) is 94.8 Å². The third-order valence-corrected chi connectivity index (χ3v) is 4.67. The van der Waals surface area contributed by atoms with Crippen molar-refractivity contribution in [2.45, 2.75) is 87.0 Å². The van der Waals surface area contributed by atoms with Crippen molar-refractivity contribution in [1.82, 2.24) is 0 Å². The van der Waals surface area contributed by atoms with Crippen LogP contribution in [0.4, 0.5) is 0 Å². The van der Waals surface area contributed by atoms with Gasteiger partial charge in [-0.2, -0.15) is 0 Å². The lowest BCUT2D eigenvalue weighted by Crippen LogP contribution is -2.16. The minimum Gasteiger partial charge on any atom is -0.458 e. The van der Waals surface area contributed by atoms with Crippen molar-refractivity contribution in [3.8, 4) is 0 Å². The van der Waals surface area contributed by atoms with Crippen molar-refractivity contribution in [3.05, 3.63) is 46.5 Å². The van der Waals surface area contributed by atoms with E-state index in [1.807, 2.05) is 6.08 Å². The van der Waals surface area contributed by atoms with E-state index in [1.54, 1.807) is 0 Å². The minimum atomic E-state index is -0.164. The SMILES string of the molecule is CCCCC=CCOC(=O)c1c(CC(C)C)cc(CC(C)C)cc1CC(C)C. The highest BCUT2D eigenvalue weighted by Gasteiger charge is 2.20. The molecule has 0 heterocycles. The number of hydrogen-bond acceptors (Lipinski definition) is 2. The van der Waals surface area contributed by atoms with Gasteiger partial charge in [-0.05, 0) is 60.1 Å². The summed E-state index contributed by atoms with van der Waals surface area (Å²) in [6.07, 6.45) is 10.4. The van der Waals surface area contributed by atoms with Crippen molar-refractivity contribution < 1.29 is 9.53 Å². The van der Waals surface area contributed by atoms with Gasteiger partial charge in [-0.1, -0.05) is 85.6 Å². The van der Waals surface area contributed by atoms with Crippen LogP contribution in [-0.2, 0) is 24.0 Å². The lowest BCUT2D eigenvalue weighted by molar-refractivity contribution is 0.0546. The smallest absolute Gasteiger partial charge is 0.339 e. The Morgan fingerprint density at radius 1 is 0.893 bits per heavy atom. The lowest BCUT2D eigenvalue weighted by Gasteiger charge is -2.19. The van der Waals surface area contributed by atoms with Crippen molar-refractivity contribution in [3.63, 3.8) is 0 Å². The number of benzene rings is 1. The molecule has 2 heteroatoms. The van der Waals surface area contributed by atoms with E-state index in [2.05, 4.69) is 66.7 Å². The molecule has 0 fully saturated rings. The number of hydrogen-bond donors (Lipinski definition) is 0. The molecule has 0 bridgehead atoms. The van der Waals surface area contributed by atoms with Crippen molar-refractivity contribution in [2.75, 3.05) is 6.61 Å². The van der Waals surface area contributed by atoms with Gasteiger partial charge >= 0.3 is 5.97 Å². The maximum absolute atomic E-state index is 13.0. The Balaban J connectivity index is 3.15. The summed E-state index contributed by atoms with van der Waals surface area (Å²) in [5.41, 5.74) is 4.47.